The van der Waals surface area contributed by atoms with Crippen molar-refractivity contribution in [1.29, 1.82) is 0 Å². The summed E-state index contributed by atoms with van der Waals surface area (Å²) in [7, 11) is 1.64. The third-order valence-electron chi connectivity index (χ3n) is 4.63. The molecule has 130 valence electrons. The molecule has 0 saturated carbocycles. The number of ether oxygens (including phenoxy) is 1. The second-order valence-electron chi connectivity index (χ2n) is 6.28. The highest BCUT2D eigenvalue weighted by Gasteiger charge is 2.17. The number of H-pyrrole nitrogens is 1. The number of aromatic amines is 1. The van der Waals surface area contributed by atoms with Crippen LogP contribution in [0.25, 0.3) is 32.9 Å². The van der Waals surface area contributed by atoms with Gasteiger partial charge in [0.15, 0.2) is 0 Å². The van der Waals surface area contributed by atoms with E-state index in [4.69, 9.17) is 10.5 Å². The van der Waals surface area contributed by atoms with Crippen molar-refractivity contribution in [2.75, 3.05) is 7.11 Å². The van der Waals surface area contributed by atoms with Crippen LogP contribution in [0.2, 0.25) is 0 Å². The zero-order valence-electron chi connectivity index (χ0n) is 14.5. The van der Waals surface area contributed by atoms with Crippen LogP contribution in [0, 0.1) is 0 Å². The first-order valence-corrected chi connectivity index (χ1v) is 8.49. The Morgan fingerprint density at radius 3 is 2.69 bits per heavy atom. The number of hydrogen-bond donors (Lipinski definition) is 2. The van der Waals surface area contributed by atoms with Crippen LogP contribution < -0.4 is 10.5 Å². The summed E-state index contributed by atoms with van der Waals surface area (Å²) < 4.78 is 5.69. The number of methoxy groups -OCH3 is 1. The largest absolute Gasteiger partial charge is 0.496 e. The average molecular weight is 345 g/mol. The maximum Gasteiger partial charge on any atom is 0.217 e. The molecule has 0 saturated heterocycles. The first-order chi connectivity index (χ1) is 12.7. The van der Waals surface area contributed by atoms with Crippen LogP contribution in [0.5, 0.6) is 5.75 Å². The van der Waals surface area contributed by atoms with Crippen LogP contribution in [-0.4, -0.2) is 23.2 Å². The topological polar surface area (TPSA) is 81.0 Å². The number of carbonyl (C=O) groups is 1. The van der Waals surface area contributed by atoms with Crippen molar-refractivity contribution < 1.29 is 9.53 Å². The van der Waals surface area contributed by atoms with Crippen LogP contribution in [0.1, 0.15) is 12.0 Å². The lowest BCUT2D eigenvalue weighted by atomic mass is 9.99. The number of amides is 1. The van der Waals surface area contributed by atoms with E-state index in [9.17, 15) is 4.79 Å². The molecule has 0 aliphatic rings. The van der Waals surface area contributed by atoms with Gasteiger partial charge in [0.05, 0.1) is 18.0 Å². The van der Waals surface area contributed by atoms with Crippen molar-refractivity contribution in [2.45, 2.75) is 12.8 Å². The Balaban J connectivity index is 1.88. The number of fused-ring (bicyclic) bond motifs is 2. The van der Waals surface area contributed by atoms with Gasteiger partial charge in [-0.3, -0.25) is 9.89 Å². The highest BCUT2D eigenvalue weighted by Crippen LogP contribution is 2.37. The lowest BCUT2D eigenvalue weighted by Crippen LogP contribution is -2.11. The van der Waals surface area contributed by atoms with Gasteiger partial charge < -0.3 is 10.5 Å². The van der Waals surface area contributed by atoms with Crippen LogP contribution in [0.4, 0.5) is 0 Å². The molecule has 4 rings (SSSR count). The standard InChI is InChI=1S/C21H19N3O2/c1-26-21-14(9-11-18(22)25)8-10-17-19(21)20(24-23-17)16-7-6-13-4-2-3-5-15(13)12-16/h2-8,10,12H,9,11H2,1H3,(H2,22,25)(H,23,24). The molecule has 0 bridgehead atoms. The zero-order valence-corrected chi connectivity index (χ0v) is 14.5. The van der Waals surface area contributed by atoms with E-state index in [0.717, 1.165) is 38.9 Å². The molecule has 3 N–H and O–H groups in total. The number of nitrogens with zero attached hydrogens (tertiary/aromatic N) is 1. The first-order valence-electron chi connectivity index (χ1n) is 8.49. The SMILES string of the molecule is COc1c(CCC(N)=O)ccc2[nH]nc(-c3ccc4ccccc4c3)c12. The van der Waals surface area contributed by atoms with Gasteiger partial charge in [0.1, 0.15) is 11.4 Å². The molecule has 1 heterocycles. The van der Waals surface area contributed by atoms with E-state index in [1.807, 2.05) is 24.3 Å². The number of nitrogens with one attached hydrogen (secondary N) is 1. The normalized spacial score (nSPS) is 11.1. The number of carbonyl (C=O) groups excluding carboxylic acids is 1. The summed E-state index contributed by atoms with van der Waals surface area (Å²) in [5.74, 6) is 0.412. The number of benzene rings is 3. The van der Waals surface area contributed by atoms with Crippen LogP contribution in [-0.2, 0) is 11.2 Å². The predicted octanol–water partition coefficient (Wildman–Crippen LogP) is 3.81. The molecule has 4 aromatic rings. The van der Waals surface area contributed by atoms with Gasteiger partial charge in [0.25, 0.3) is 0 Å². The van der Waals surface area contributed by atoms with E-state index in [-0.39, 0.29) is 12.3 Å². The van der Waals surface area contributed by atoms with Gasteiger partial charge >= 0.3 is 0 Å². The van der Waals surface area contributed by atoms with Crippen molar-refractivity contribution in [2.24, 2.45) is 5.73 Å². The van der Waals surface area contributed by atoms with E-state index in [1.54, 1.807) is 7.11 Å². The van der Waals surface area contributed by atoms with Gasteiger partial charge in [0.2, 0.25) is 5.91 Å². The molecule has 5 nitrogen and oxygen atoms in total. The minimum Gasteiger partial charge on any atom is -0.496 e. The maximum absolute atomic E-state index is 11.2. The van der Waals surface area contributed by atoms with Crippen molar-refractivity contribution in [3.8, 4) is 17.0 Å². The lowest BCUT2D eigenvalue weighted by Gasteiger charge is -2.10. The van der Waals surface area contributed by atoms with Gasteiger partial charge in [0, 0.05) is 12.0 Å². The Morgan fingerprint density at radius 2 is 1.92 bits per heavy atom. The number of hydrogen-bond acceptors (Lipinski definition) is 3. The molecule has 26 heavy (non-hydrogen) atoms. The van der Waals surface area contributed by atoms with E-state index >= 15 is 0 Å². The third kappa shape index (κ3) is 2.77. The highest BCUT2D eigenvalue weighted by molar-refractivity contribution is 6.00. The van der Waals surface area contributed by atoms with Crippen LogP contribution in [0.15, 0.2) is 54.6 Å². The van der Waals surface area contributed by atoms with E-state index in [2.05, 4.69) is 40.5 Å². The Hall–Kier alpha value is -3.34. The molecular weight excluding hydrogens is 326 g/mol. The van der Waals surface area contributed by atoms with Crippen LogP contribution >= 0.6 is 0 Å². The summed E-state index contributed by atoms with van der Waals surface area (Å²) in [4.78, 5) is 11.2. The molecule has 1 amide bonds. The van der Waals surface area contributed by atoms with Gasteiger partial charge in [-0.05, 0) is 34.9 Å². The number of aromatic nitrogens is 2. The maximum atomic E-state index is 11.2. The molecule has 0 unspecified atom stereocenters. The molecular formula is C21H19N3O2. The Morgan fingerprint density at radius 1 is 1.12 bits per heavy atom. The molecule has 3 aromatic carbocycles. The molecule has 0 aliphatic heterocycles. The number of nitrogens with two attached hydrogens (primary N) is 1. The molecule has 1 aromatic heterocycles. The monoisotopic (exact) mass is 345 g/mol. The third-order valence-corrected chi connectivity index (χ3v) is 4.63. The summed E-state index contributed by atoms with van der Waals surface area (Å²) in [6.45, 7) is 0. The zero-order chi connectivity index (χ0) is 18.1. The number of aryl methyl sites for hydroxylation is 1. The van der Waals surface area contributed by atoms with Crippen LogP contribution in [0.3, 0.4) is 0 Å². The second-order valence-corrected chi connectivity index (χ2v) is 6.28. The fourth-order valence-electron chi connectivity index (χ4n) is 3.36. The van der Waals surface area contributed by atoms with Gasteiger partial charge in [-0.25, -0.2) is 0 Å². The molecule has 0 fully saturated rings. The second kappa shape index (κ2) is 6.52. The molecule has 0 aliphatic carbocycles. The van der Waals surface area contributed by atoms with E-state index in [0.29, 0.717) is 6.42 Å². The molecule has 0 radical (unpaired) electrons. The minimum absolute atomic E-state index is 0.283. The summed E-state index contributed by atoms with van der Waals surface area (Å²) in [5, 5.41) is 10.9. The average Bonchev–Trinajstić information content (AvgIpc) is 3.09. The van der Waals surface area contributed by atoms with Gasteiger partial charge in [-0.1, -0.05) is 42.5 Å². The number of primary amides is 1. The highest BCUT2D eigenvalue weighted by atomic mass is 16.5. The molecule has 5 heteroatoms. The fraction of sp³-hybridized carbons (Fsp3) is 0.143. The summed E-state index contributed by atoms with van der Waals surface area (Å²) in [6.07, 6.45) is 0.821. The van der Waals surface area contributed by atoms with E-state index in [1.165, 1.54) is 5.39 Å². The summed E-state index contributed by atoms with van der Waals surface area (Å²) >= 11 is 0. The number of rotatable bonds is 5. The Kier molecular flexibility index (Phi) is 4.05. The van der Waals surface area contributed by atoms with Gasteiger partial charge in [-0.2, -0.15) is 5.10 Å². The Labute approximate surface area is 150 Å². The summed E-state index contributed by atoms with van der Waals surface area (Å²) in [6, 6.07) is 18.4. The lowest BCUT2D eigenvalue weighted by molar-refractivity contribution is -0.117. The van der Waals surface area contributed by atoms with Crippen molar-refractivity contribution in [3.05, 3.63) is 60.2 Å². The fourth-order valence-corrected chi connectivity index (χ4v) is 3.36. The van der Waals surface area contributed by atoms with Crippen molar-refractivity contribution >= 4 is 27.6 Å². The quantitative estimate of drug-likeness (QED) is 0.577. The van der Waals surface area contributed by atoms with Crippen molar-refractivity contribution in [3.63, 3.8) is 0 Å². The molecule has 0 atom stereocenters. The van der Waals surface area contributed by atoms with E-state index < -0.39 is 0 Å². The first kappa shape index (κ1) is 16.1. The Bertz CT molecular complexity index is 1110. The molecule has 0 spiro atoms. The summed E-state index contributed by atoms with van der Waals surface area (Å²) in [5.41, 5.74) is 8.99. The minimum atomic E-state index is -0.325. The smallest absolute Gasteiger partial charge is 0.217 e. The van der Waals surface area contributed by atoms with Crippen molar-refractivity contribution in [1.82, 2.24) is 10.2 Å². The van der Waals surface area contributed by atoms with Gasteiger partial charge in [-0.15, -0.1) is 0 Å². The predicted molar refractivity (Wildman–Crippen MR) is 103 cm³/mol.